The lowest BCUT2D eigenvalue weighted by molar-refractivity contribution is -0.274. The molecule has 3 heterocycles. The third-order valence-corrected chi connectivity index (χ3v) is 7.95. The highest BCUT2D eigenvalue weighted by Gasteiger charge is 2.33. The number of amidine groups is 1. The second kappa shape index (κ2) is 11.8. The van der Waals surface area contributed by atoms with E-state index in [9.17, 15) is 13.2 Å². The van der Waals surface area contributed by atoms with Crippen LogP contribution < -0.4 is 15.1 Å². The Kier molecular flexibility index (Phi) is 7.95. The number of allylic oxidation sites excluding steroid dienone is 1. The van der Waals surface area contributed by atoms with E-state index in [-0.39, 0.29) is 16.8 Å². The fourth-order valence-corrected chi connectivity index (χ4v) is 6.01. The Morgan fingerprint density at radius 3 is 2.65 bits per heavy atom. The molecule has 8 nitrogen and oxygen atoms in total. The predicted molar refractivity (Wildman–Crippen MR) is 167 cm³/mol. The average Bonchev–Trinajstić information content (AvgIpc) is 3.61. The van der Waals surface area contributed by atoms with Crippen LogP contribution in [0.2, 0.25) is 5.02 Å². The van der Waals surface area contributed by atoms with Crippen LogP contribution in [0.1, 0.15) is 24.0 Å². The molecule has 3 aromatic carbocycles. The number of halogens is 4. The second-order valence-electron chi connectivity index (χ2n) is 9.52. The van der Waals surface area contributed by atoms with E-state index in [1.807, 2.05) is 42.5 Å². The Bertz CT molecular complexity index is 1770. The molecule has 1 atom stereocenters. The minimum absolute atomic E-state index is 0.228. The van der Waals surface area contributed by atoms with Crippen molar-refractivity contribution >= 4 is 57.8 Å². The topological polar surface area (TPSA) is 79.9 Å². The minimum atomic E-state index is -4.75. The SMILES string of the molecule is CC1C=C2CSC(=NC(=S)N/N=C/c3ccc(-c4ncn(-c5ccc(OC(F)(F)F)cc5)n4)cc3)N2c2cc(Cl)ccc21. The van der Waals surface area contributed by atoms with Gasteiger partial charge < -0.3 is 4.74 Å². The van der Waals surface area contributed by atoms with Gasteiger partial charge in [-0.1, -0.05) is 66.7 Å². The molecule has 0 spiro atoms. The second-order valence-corrected chi connectivity index (χ2v) is 11.3. The van der Waals surface area contributed by atoms with Gasteiger partial charge in [0.05, 0.1) is 17.6 Å². The van der Waals surface area contributed by atoms with Crippen LogP contribution in [0.25, 0.3) is 17.1 Å². The summed E-state index contributed by atoms with van der Waals surface area (Å²) in [4.78, 5) is 11.0. The van der Waals surface area contributed by atoms with Gasteiger partial charge in [-0.25, -0.2) is 9.67 Å². The third kappa shape index (κ3) is 6.58. The maximum absolute atomic E-state index is 12.4. The Hall–Kier alpha value is -4.20. The third-order valence-electron chi connectivity index (χ3n) is 6.56. The number of thiocarbonyl (C=S) groups is 1. The smallest absolute Gasteiger partial charge is 0.406 e. The van der Waals surface area contributed by atoms with Crippen molar-refractivity contribution in [3.8, 4) is 22.8 Å². The molecule has 43 heavy (non-hydrogen) atoms. The van der Waals surface area contributed by atoms with Crippen LogP contribution in [0, 0.1) is 0 Å². The van der Waals surface area contributed by atoms with E-state index in [2.05, 4.69) is 48.2 Å². The molecule has 0 amide bonds. The van der Waals surface area contributed by atoms with E-state index >= 15 is 0 Å². The number of alkyl halides is 3. The molecule has 1 N–H and O–H groups in total. The van der Waals surface area contributed by atoms with Crippen LogP contribution >= 0.6 is 35.6 Å². The molecule has 1 fully saturated rings. The number of hydrogen-bond acceptors (Lipinski definition) is 6. The molecule has 0 radical (unpaired) electrons. The van der Waals surface area contributed by atoms with Crippen LogP contribution in [0.3, 0.4) is 0 Å². The number of hydrazone groups is 1. The normalized spacial score (nSPS) is 17.1. The molecule has 1 unspecified atom stereocenters. The van der Waals surface area contributed by atoms with Gasteiger partial charge in [-0.3, -0.25) is 10.3 Å². The molecule has 0 aliphatic carbocycles. The van der Waals surface area contributed by atoms with Crippen molar-refractivity contribution in [1.29, 1.82) is 0 Å². The first-order chi connectivity index (χ1) is 20.6. The van der Waals surface area contributed by atoms with Crippen molar-refractivity contribution in [2.45, 2.75) is 19.2 Å². The number of rotatable bonds is 5. The molecular weight excluding hydrogens is 619 g/mol. The van der Waals surface area contributed by atoms with Gasteiger partial charge in [0.1, 0.15) is 12.1 Å². The quantitative estimate of drug-likeness (QED) is 0.139. The number of nitrogens with one attached hydrogen (secondary N) is 1. The number of fused-ring (bicyclic) bond motifs is 3. The standard InChI is InChI=1S/C29H21ClF3N7OS2/c1-17-12-22-15-43-28(40(22)25-13-20(30)6-11-24(17)25)36-27(42)37-35-14-18-2-4-19(5-3-18)26-34-16-39(38-26)21-7-9-23(10-8-21)41-29(31,32)33/h2-14,16-17H,15H2,1H3,(H,37,42)/b35-14+,36-28?. The van der Waals surface area contributed by atoms with Crippen molar-refractivity contribution < 1.29 is 17.9 Å². The minimum Gasteiger partial charge on any atom is -0.406 e. The molecular formula is C29H21ClF3N7OS2. The highest BCUT2D eigenvalue weighted by molar-refractivity contribution is 8.14. The number of thioether (sulfide) groups is 1. The Morgan fingerprint density at radius 2 is 1.91 bits per heavy atom. The number of ether oxygens (including phenoxy) is 1. The van der Waals surface area contributed by atoms with E-state index in [0.29, 0.717) is 16.5 Å². The van der Waals surface area contributed by atoms with Gasteiger partial charge in [-0.15, -0.1) is 18.3 Å². The number of benzene rings is 3. The summed E-state index contributed by atoms with van der Waals surface area (Å²) in [6, 6.07) is 18.6. The average molecular weight is 640 g/mol. The predicted octanol–water partition coefficient (Wildman–Crippen LogP) is 7.31. The summed E-state index contributed by atoms with van der Waals surface area (Å²) in [5.41, 5.74) is 8.25. The van der Waals surface area contributed by atoms with Crippen LogP contribution in [0.15, 0.2) is 94.9 Å². The number of hydrogen-bond donors (Lipinski definition) is 1. The maximum Gasteiger partial charge on any atom is 0.573 e. The van der Waals surface area contributed by atoms with Gasteiger partial charge in [0.25, 0.3) is 0 Å². The zero-order valence-corrected chi connectivity index (χ0v) is 24.7. The summed E-state index contributed by atoms with van der Waals surface area (Å²) in [7, 11) is 0. The first kappa shape index (κ1) is 28.9. The number of nitrogens with zero attached hydrogens (tertiary/aromatic N) is 6. The first-order valence-electron chi connectivity index (χ1n) is 12.9. The zero-order chi connectivity index (χ0) is 30.1. The summed E-state index contributed by atoms with van der Waals surface area (Å²) >= 11 is 13.3. The summed E-state index contributed by atoms with van der Waals surface area (Å²) in [6.07, 6.45) is 0.590. The fraction of sp³-hybridized carbons (Fsp3) is 0.138. The molecule has 6 rings (SSSR count). The highest BCUT2D eigenvalue weighted by Crippen LogP contribution is 2.43. The Balaban J connectivity index is 1.08. The molecule has 14 heteroatoms. The van der Waals surface area contributed by atoms with Crippen molar-refractivity contribution in [2.75, 3.05) is 10.7 Å². The first-order valence-corrected chi connectivity index (χ1v) is 14.6. The lowest BCUT2D eigenvalue weighted by Gasteiger charge is -2.29. The monoisotopic (exact) mass is 639 g/mol. The number of anilines is 1. The van der Waals surface area contributed by atoms with Crippen molar-refractivity contribution in [2.24, 2.45) is 10.1 Å². The van der Waals surface area contributed by atoms with Crippen LogP contribution in [0.4, 0.5) is 18.9 Å². The number of aliphatic imine (C=N–C) groups is 1. The molecule has 4 aromatic rings. The lowest BCUT2D eigenvalue weighted by Crippen LogP contribution is -2.28. The van der Waals surface area contributed by atoms with Gasteiger partial charge in [-0.05, 0) is 59.7 Å². The van der Waals surface area contributed by atoms with Gasteiger partial charge in [0.15, 0.2) is 11.0 Å². The van der Waals surface area contributed by atoms with Crippen LogP contribution in [-0.4, -0.2) is 43.4 Å². The lowest BCUT2D eigenvalue weighted by atomic mass is 9.94. The molecule has 218 valence electrons. The van der Waals surface area contributed by atoms with E-state index in [4.69, 9.17) is 23.8 Å². The summed E-state index contributed by atoms with van der Waals surface area (Å²) in [5.74, 6) is 1.22. The molecule has 1 saturated heterocycles. The zero-order valence-electron chi connectivity index (χ0n) is 22.3. The van der Waals surface area contributed by atoms with E-state index in [0.717, 1.165) is 33.4 Å². The van der Waals surface area contributed by atoms with E-state index in [1.165, 1.54) is 40.8 Å². The summed E-state index contributed by atoms with van der Waals surface area (Å²) < 4.78 is 42.6. The molecule has 2 aliphatic rings. The largest absolute Gasteiger partial charge is 0.573 e. The van der Waals surface area contributed by atoms with Crippen molar-refractivity contribution in [1.82, 2.24) is 20.2 Å². The number of aromatic nitrogens is 3. The van der Waals surface area contributed by atoms with E-state index < -0.39 is 6.36 Å². The molecule has 0 saturated carbocycles. The Morgan fingerprint density at radius 1 is 1.14 bits per heavy atom. The Labute approximate surface area is 258 Å². The van der Waals surface area contributed by atoms with E-state index in [1.54, 1.807) is 18.0 Å². The summed E-state index contributed by atoms with van der Waals surface area (Å²) in [6.45, 7) is 2.16. The van der Waals surface area contributed by atoms with Crippen LogP contribution in [0.5, 0.6) is 5.75 Å². The molecule has 1 aromatic heterocycles. The van der Waals surface area contributed by atoms with Gasteiger partial charge in [-0.2, -0.15) is 10.1 Å². The van der Waals surface area contributed by atoms with Crippen molar-refractivity contribution in [3.05, 3.63) is 101 Å². The van der Waals surface area contributed by atoms with Crippen molar-refractivity contribution in [3.63, 3.8) is 0 Å². The molecule has 0 bridgehead atoms. The fourth-order valence-electron chi connectivity index (χ4n) is 4.64. The summed E-state index contributed by atoms with van der Waals surface area (Å²) in [5, 5.41) is 10.3. The molecule has 2 aliphatic heterocycles. The van der Waals surface area contributed by atoms with Crippen LogP contribution in [-0.2, 0) is 0 Å². The van der Waals surface area contributed by atoms with Gasteiger partial charge in [0, 0.05) is 28.0 Å². The highest BCUT2D eigenvalue weighted by atomic mass is 35.5. The maximum atomic E-state index is 12.4. The van der Waals surface area contributed by atoms with Gasteiger partial charge in [0.2, 0.25) is 5.11 Å². The van der Waals surface area contributed by atoms with Gasteiger partial charge >= 0.3 is 6.36 Å².